The number of alkyl halides is 4. The number of hydrogen-bond acceptors (Lipinski definition) is 24. The van der Waals surface area contributed by atoms with Crippen LogP contribution in [0.1, 0.15) is 269 Å². The fraction of sp³-hybridized carbons (Fsp3) is 0.496. The summed E-state index contributed by atoms with van der Waals surface area (Å²) in [6.45, 7) is 25.3. The second-order valence-electron chi connectivity index (χ2n) is 42.9. The van der Waals surface area contributed by atoms with Crippen molar-refractivity contribution >= 4 is 114 Å². The lowest BCUT2D eigenvalue weighted by atomic mass is 9.86. The normalized spacial score (nSPS) is 19.9. The van der Waals surface area contributed by atoms with E-state index in [1.54, 1.807) is 119 Å². The van der Waals surface area contributed by atoms with E-state index in [1.165, 1.54) is 117 Å². The van der Waals surface area contributed by atoms with E-state index in [-0.39, 0.29) is 39.9 Å². The number of hydrogen-bond donors (Lipinski definition) is 6. The zero-order valence-electron chi connectivity index (χ0n) is 87.2. The van der Waals surface area contributed by atoms with Crippen LogP contribution >= 0.6 is 114 Å². The van der Waals surface area contributed by atoms with Gasteiger partial charge in [-0.1, -0.05) is 77.4 Å². The molecule has 0 amide bonds. The minimum atomic E-state index is 0.181. The Balaban J connectivity index is 0.000000111. The lowest BCUT2D eigenvalue weighted by Crippen LogP contribution is -2.38. The summed E-state index contributed by atoms with van der Waals surface area (Å²) in [5.41, 5.74) is 24.2. The Morgan fingerprint density at radius 3 is 0.776 bits per heavy atom. The highest BCUT2D eigenvalue weighted by atomic mass is 35.5. The first kappa shape index (κ1) is 107. The molecule has 6 aromatic heterocycles. The van der Waals surface area contributed by atoms with Crippen LogP contribution in [0.15, 0.2) is 109 Å². The van der Waals surface area contributed by atoms with Gasteiger partial charge in [0.2, 0.25) is 0 Å². The highest BCUT2D eigenvalue weighted by Crippen LogP contribution is 2.55. The number of fused-ring (bicyclic) bond motifs is 24. The molecule has 0 radical (unpaired) electrons. The molecule has 12 aliphatic rings. The number of aromatic hydroxyl groups is 6. The van der Waals surface area contributed by atoms with Gasteiger partial charge in [0, 0.05) is 230 Å². The molecule has 6 aromatic carbocycles. The van der Waals surface area contributed by atoms with Crippen molar-refractivity contribution in [1.29, 1.82) is 0 Å². The van der Waals surface area contributed by atoms with Crippen molar-refractivity contribution in [3.8, 4) is 69.0 Å². The summed E-state index contributed by atoms with van der Waals surface area (Å²) in [5, 5.41) is 60.6. The van der Waals surface area contributed by atoms with Gasteiger partial charge in [-0.15, -0.1) is 114 Å². The Kier molecular flexibility index (Phi) is 34.6. The largest absolute Gasteiger partial charge is 0.504 e. The molecule has 0 spiro atoms. The third kappa shape index (κ3) is 23.2. The van der Waals surface area contributed by atoms with Crippen LogP contribution in [0.4, 0.5) is 0 Å². The molecule has 0 bridgehead atoms. The number of phenolic OH excluding ortho intramolecular Hbond substituents is 6. The maximum atomic E-state index is 10.1. The van der Waals surface area contributed by atoms with E-state index < -0.39 is 0 Å². The molecule has 12 aromatic rings. The fourth-order valence-corrected chi connectivity index (χ4v) is 33.2. The number of phenols is 6. The van der Waals surface area contributed by atoms with Crippen molar-refractivity contribution in [2.24, 2.45) is 11.3 Å². The minimum absolute atomic E-state index is 0.181. The molecule has 0 aliphatic carbocycles. The van der Waals surface area contributed by atoms with Crippen LogP contribution in [0.5, 0.6) is 69.0 Å². The summed E-state index contributed by atoms with van der Waals surface area (Å²) in [6, 6.07) is 40.2. The fourth-order valence-electron chi connectivity index (χ4n) is 24.7. The molecule has 8 atom stereocenters. The Morgan fingerprint density at radius 1 is 0.313 bits per heavy atom. The zero-order valence-corrected chi connectivity index (χ0v) is 95.1. The predicted molar refractivity (Wildman–Crippen MR) is 604 cm³/mol. The van der Waals surface area contributed by atoms with Gasteiger partial charge in [-0.3, -0.25) is 29.4 Å². The van der Waals surface area contributed by atoms with Gasteiger partial charge in [0.25, 0.3) is 0 Å². The second-order valence-corrected chi connectivity index (χ2v) is 52.1. The Hall–Kier alpha value is -7.96. The molecule has 18 nitrogen and oxygen atoms in total. The molecule has 147 heavy (non-hydrogen) atoms. The van der Waals surface area contributed by atoms with Gasteiger partial charge >= 0.3 is 0 Å². The number of halogens is 4. The van der Waals surface area contributed by atoms with Crippen LogP contribution in [-0.2, 0) is 155 Å². The van der Waals surface area contributed by atoms with Crippen molar-refractivity contribution in [3.63, 3.8) is 0 Å². The van der Waals surface area contributed by atoms with Crippen LogP contribution in [0, 0.1) is 11.3 Å². The molecule has 2 unspecified atom stereocenters. The maximum absolute atomic E-state index is 10.1. The average molecular weight is 2180 g/mol. The van der Waals surface area contributed by atoms with Crippen LogP contribution < -0.4 is 28.4 Å². The number of methoxy groups -OCH3 is 6. The van der Waals surface area contributed by atoms with E-state index in [0.717, 1.165) is 245 Å². The SMILES string of the molecule is CCC(C)Cc1cc2c(s1)CCN1Cc3c(ccc(O)c3OC)C[C@@H]21.COc1c(O)ccc2c1CN1CCc3sc(CC(C)Cl)cc3[C@@H]1C2.COc1c(O)ccc2c1CN1CCc3sc(CCC(C)(C)C)cc3[C@@H]1C2.COc1c(O)ccc2c1CN1CCc3sc(CCCCCl)cc3[C@@H]1C2.COc1c(O)ccc2c1CN1CCc3sc(CCCCl)cc3[C@@H]1C2.COc1c(O)ccc2c1CN1CCc3sc(CCCl)cc3[C@@H]1C2. The highest BCUT2D eigenvalue weighted by Gasteiger charge is 2.44. The molecule has 18 heterocycles. The molecular formula is C119H144Cl4N6O12S6. The van der Waals surface area contributed by atoms with Gasteiger partial charge in [0.15, 0.2) is 69.0 Å². The topological polar surface area (TPSA) is 196 Å². The van der Waals surface area contributed by atoms with Gasteiger partial charge in [0.1, 0.15) is 0 Å². The second kappa shape index (κ2) is 47.3. The van der Waals surface area contributed by atoms with Gasteiger partial charge in [0.05, 0.1) is 42.7 Å². The molecular weight excluding hydrogens is 2040 g/mol. The first-order valence-electron chi connectivity index (χ1n) is 52.9. The number of benzene rings is 6. The summed E-state index contributed by atoms with van der Waals surface area (Å²) in [7, 11) is 9.84. The molecule has 28 heteroatoms. The smallest absolute Gasteiger partial charge is 0.165 e. The number of aryl methyl sites for hydroxylation is 4. The average Bonchev–Trinajstić information content (AvgIpc) is 1.68. The van der Waals surface area contributed by atoms with E-state index >= 15 is 0 Å². The van der Waals surface area contributed by atoms with E-state index in [4.69, 9.17) is 74.8 Å². The van der Waals surface area contributed by atoms with Crippen LogP contribution in [0.25, 0.3) is 0 Å². The van der Waals surface area contributed by atoms with Crippen molar-refractivity contribution in [3.05, 3.63) is 268 Å². The van der Waals surface area contributed by atoms with Crippen molar-refractivity contribution in [2.75, 3.05) is 99.6 Å². The summed E-state index contributed by atoms with van der Waals surface area (Å²) in [4.78, 5) is 33.5. The van der Waals surface area contributed by atoms with Crippen LogP contribution in [-0.4, -0.2) is 165 Å². The monoisotopic (exact) mass is 2180 g/mol. The quantitative estimate of drug-likeness (QED) is 0.0277. The van der Waals surface area contributed by atoms with Crippen molar-refractivity contribution in [2.45, 2.75) is 270 Å². The molecule has 0 saturated heterocycles. The molecule has 0 fully saturated rings. The zero-order chi connectivity index (χ0) is 103. The van der Waals surface area contributed by atoms with Crippen LogP contribution in [0.2, 0.25) is 0 Å². The lowest BCUT2D eigenvalue weighted by molar-refractivity contribution is 0.159. The molecule has 24 rings (SSSR count). The summed E-state index contributed by atoms with van der Waals surface area (Å²) in [5.74, 6) is 8.28. The third-order valence-corrected chi connectivity index (χ3v) is 40.8. The number of unbranched alkanes of at least 4 members (excludes halogenated alkanes) is 1. The first-order chi connectivity index (χ1) is 71.1. The van der Waals surface area contributed by atoms with Gasteiger partial charge in [-0.2, -0.15) is 0 Å². The highest BCUT2D eigenvalue weighted by molar-refractivity contribution is 7.13. The van der Waals surface area contributed by atoms with Crippen LogP contribution in [0.3, 0.4) is 0 Å². The van der Waals surface area contributed by atoms with E-state index in [9.17, 15) is 30.6 Å². The summed E-state index contributed by atoms with van der Waals surface area (Å²) < 4.78 is 32.8. The van der Waals surface area contributed by atoms with Gasteiger partial charge < -0.3 is 59.1 Å². The summed E-state index contributed by atoms with van der Waals surface area (Å²) in [6.07, 6.45) is 25.1. The standard InChI is InChI=1S/C22H29NO2S.C21H27NO2S.C20H24ClNO2S.2C19H22ClNO2S.C18H20ClNO2S/c1-22(2,3)9-7-15-12-16-18-11-14-5-6-19(24)21(25-4)17(14)13-23(18)10-8-20(16)26-15;1-4-13(2)9-15-11-16-18-10-14-5-6-19(23)21(24-3)17(14)12-22(18)8-7-20(16)25-15;1-24-20-16-12-22-9-7-19-15(11-14(25-19)4-2-3-8-21)17(22)10-13(16)5-6-18(20)23;1-11(20)7-13-9-14-16-8-12-3-4-17(22)19(23-2)15(12)10-21(16)6-5-18(14)24-13;1-23-19-15-11-21-8-6-18-14(10-13(24-18)3-2-7-20)16(21)9-12(15)4-5-17(19)22;1-22-18-14-10-20-7-5-17-13(9-12(23-17)4-6-19)15(20)8-11(14)2-3-16(18)21/h5-6,12,18,24H,7-11,13H2,1-4H3;5-6,11,13,18,23H,4,7-10,12H2,1-3H3;5-6,11,17,23H,2-4,7-10,12H2,1H3;3-4,9,11,16,22H,5-8,10H2,1-2H3;4-5,10,16,22H,2-3,6-9,11H2,1H3;2-3,9,15,21H,4-8,10H2,1H3/t18-;13?,18-;17-;11?,16-;16-;15-/m000000/s1. The third-order valence-electron chi connectivity index (χ3n) is 32.4. The number of thiophene rings is 6. The van der Waals surface area contributed by atoms with Crippen molar-refractivity contribution < 1.29 is 59.1 Å². The number of nitrogens with zero attached hydrogens (tertiary/aromatic N) is 6. The van der Waals surface area contributed by atoms with Gasteiger partial charge in [-0.05, 0) is 299 Å². The predicted octanol–water partition coefficient (Wildman–Crippen LogP) is 27.0. The maximum Gasteiger partial charge on any atom is 0.165 e. The van der Waals surface area contributed by atoms with Crippen molar-refractivity contribution in [1.82, 2.24) is 29.4 Å². The summed E-state index contributed by atoms with van der Waals surface area (Å²) >= 11 is 35.7. The number of rotatable bonds is 22. The van der Waals surface area contributed by atoms with E-state index in [2.05, 4.69) is 132 Å². The minimum Gasteiger partial charge on any atom is -0.504 e. The first-order valence-corrected chi connectivity index (χ1v) is 59.8. The molecule has 786 valence electrons. The van der Waals surface area contributed by atoms with Gasteiger partial charge in [-0.25, -0.2) is 0 Å². The lowest BCUT2D eigenvalue weighted by Gasteiger charge is -2.40. The molecule has 6 N–H and O–H groups in total. The van der Waals surface area contributed by atoms with E-state index in [0.29, 0.717) is 82.0 Å². The molecule has 12 aliphatic heterocycles. The Labute approximate surface area is 913 Å². The van der Waals surface area contributed by atoms with E-state index in [1.807, 2.05) is 80.2 Å². The Morgan fingerprint density at radius 2 is 0.544 bits per heavy atom. The number of ether oxygens (including phenoxy) is 6. The molecule has 0 saturated carbocycles. The Bertz CT molecular complexity index is 6670.